The number of aliphatic imine (C=N–C) groups is 1. The Hall–Kier alpha value is -3.07. The minimum Gasteiger partial charge on any atom is -0.478 e. The predicted octanol–water partition coefficient (Wildman–Crippen LogP) is 4.77. The van der Waals surface area contributed by atoms with Crippen molar-refractivity contribution in [2.75, 3.05) is 24.1 Å². The number of nitrogens with two attached hydrogens (primary N) is 2. The molecule has 1 aliphatic heterocycles. The van der Waals surface area contributed by atoms with E-state index in [1.54, 1.807) is 5.38 Å². The number of thiophene rings is 1. The third-order valence-corrected chi connectivity index (χ3v) is 5.77. The topological polar surface area (TPSA) is 134 Å². The smallest absolute Gasteiger partial charge is 0.338 e. The first kappa shape index (κ1) is 27.0. The van der Waals surface area contributed by atoms with Gasteiger partial charge in [-0.3, -0.25) is 4.79 Å². The van der Waals surface area contributed by atoms with Crippen LogP contribution < -0.4 is 16.8 Å². The molecule has 2 aromatic rings. The van der Waals surface area contributed by atoms with E-state index in [4.69, 9.17) is 16.6 Å². The number of hydrogen-bond acceptors (Lipinski definition) is 5. The van der Waals surface area contributed by atoms with E-state index in [1.165, 1.54) is 42.4 Å². The highest BCUT2D eigenvalue weighted by atomic mass is 32.1. The maximum absolute atomic E-state index is 10.4. The molecule has 32 heavy (non-hydrogen) atoms. The van der Waals surface area contributed by atoms with Crippen LogP contribution in [0.2, 0.25) is 0 Å². The molecule has 3 rings (SSSR count). The molecule has 1 aromatic heterocycles. The summed E-state index contributed by atoms with van der Waals surface area (Å²) in [5, 5.41) is 13.9. The number of carbonyl (C=O) groups is 2. The quantitative estimate of drug-likeness (QED) is 0.219. The number of guanidine groups is 1. The molecule has 8 nitrogen and oxygen atoms in total. The summed E-state index contributed by atoms with van der Waals surface area (Å²) in [4.78, 5) is 27.0. The molecule has 0 bridgehead atoms. The number of carbonyl (C=O) groups excluding carboxylic acids is 1. The summed E-state index contributed by atoms with van der Waals surface area (Å²) in [5.41, 5.74) is 13.9. The number of nitrogens with zero attached hydrogens (tertiary/aromatic N) is 2. The molecule has 176 valence electrons. The van der Waals surface area contributed by atoms with Gasteiger partial charge in [-0.15, -0.1) is 11.3 Å². The summed E-state index contributed by atoms with van der Waals surface area (Å²) in [6.45, 7) is 8.27. The molecule has 1 saturated heterocycles. The molecule has 0 aliphatic carbocycles. The third-order valence-electron chi connectivity index (χ3n) is 5.03. The molecule has 9 heteroatoms. The highest BCUT2D eigenvalue weighted by Crippen LogP contribution is 2.23. The van der Waals surface area contributed by atoms with Gasteiger partial charge in [0.25, 0.3) is 0 Å². The van der Waals surface area contributed by atoms with Gasteiger partial charge in [-0.2, -0.15) is 0 Å². The van der Waals surface area contributed by atoms with Crippen LogP contribution in [-0.4, -0.2) is 41.4 Å². The number of benzene rings is 1. The Morgan fingerprint density at radius 2 is 2.00 bits per heavy atom. The normalized spacial score (nSPS) is 15.9. The minimum absolute atomic E-state index is 0.127. The molecule has 1 aliphatic rings. The Bertz CT molecular complexity index is 869. The average Bonchev–Trinajstić information content (AvgIpc) is 3.13. The van der Waals surface area contributed by atoms with Crippen molar-refractivity contribution in [3.05, 3.63) is 40.6 Å². The fourth-order valence-corrected chi connectivity index (χ4v) is 3.99. The number of hydrogen-bond donors (Lipinski definition) is 4. The Morgan fingerprint density at radius 3 is 2.62 bits per heavy atom. The van der Waals surface area contributed by atoms with Gasteiger partial charge in [0.05, 0.1) is 22.6 Å². The number of aromatic carboxylic acids is 1. The summed E-state index contributed by atoms with van der Waals surface area (Å²) in [7, 11) is 0. The van der Waals surface area contributed by atoms with Crippen molar-refractivity contribution in [1.82, 2.24) is 4.90 Å². The zero-order valence-corrected chi connectivity index (χ0v) is 19.9. The van der Waals surface area contributed by atoms with Gasteiger partial charge < -0.3 is 26.8 Å². The van der Waals surface area contributed by atoms with Crippen molar-refractivity contribution in [2.45, 2.75) is 46.5 Å². The molecule has 1 atom stereocenters. The van der Waals surface area contributed by atoms with E-state index in [2.05, 4.69) is 22.1 Å². The zero-order valence-electron chi connectivity index (χ0n) is 19.1. The van der Waals surface area contributed by atoms with Crippen molar-refractivity contribution in [1.29, 1.82) is 0 Å². The number of carboxylic acid groups (broad SMARTS) is 1. The van der Waals surface area contributed by atoms with Gasteiger partial charge in [-0.1, -0.05) is 39.3 Å². The van der Waals surface area contributed by atoms with Gasteiger partial charge in [0.1, 0.15) is 0 Å². The fraction of sp³-hybridized carbons (Fsp3) is 0.435. The molecule has 0 spiro atoms. The van der Waals surface area contributed by atoms with Crippen LogP contribution in [0.1, 0.15) is 56.8 Å². The number of carboxylic acids is 1. The second kappa shape index (κ2) is 14.9. The fourth-order valence-electron chi connectivity index (χ4n) is 3.22. The monoisotopic (exact) mass is 461 g/mol. The number of para-hydroxylation sites is 2. The summed E-state index contributed by atoms with van der Waals surface area (Å²) in [5.74, 6) is 0.393. The highest BCUT2D eigenvalue weighted by molar-refractivity contribution is 7.08. The van der Waals surface area contributed by atoms with Gasteiger partial charge in [0.2, 0.25) is 6.41 Å². The molecule has 1 amide bonds. The number of nitrogens with one attached hydrogen (secondary N) is 1. The van der Waals surface area contributed by atoms with E-state index in [0.29, 0.717) is 23.7 Å². The Morgan fingerprint density at radius 1 is 1.28 bits per heavy atom. The number of anilines is 2. The molecule has 2 heterocycles. The minimum atomic E-state index is -1.03. The van der Waals surface area contributed by atoms with E-state index in [0.717, 1.165) is 24.7 Å². The van der Waals surface area contributed by atoms with Gasteiger partial charge >= 0.3 is 5.97 Å². The first-order valence-electron chi connectivity index (χ1n) is 10.9. The standard InChI is InChI=1S/C15H24N4.C6H5NO3S.C2H6/c1-2-12-6-5-10-19(11-9-12)15(17)18-14-8-4-3-7-13(14)16;8-3-7-5-2-11-1-4(5)6(9)10;1-2/h3-4,7-8,12H,2,5-6,9-11,16H2,1H3,(H2,17,18);1-3H,(H,7,8)(H,9,10);1-2H3. The summed E-state index contributed by atoms with van der Waals surface area (Å²) in [6.07, 6.45) is 5.41. The summed E-state index contributed by atoms with van der Waals surface area (Å²) >= 11 is 1.23. The first-order chi connectivity index (χ1) is 15.5. The van der Waals surface area contributed by atoms with Crippen molar-refractivity contribution in [3.8, 4) is 0 Å². The van der Waals surface area contributed by atoms with Crippen molar-refractivity contribution >= 4 is 46.7 Å². The van der Waals surface area contributed by atoms with Gasteiger partial charge in [0.15, 0.2) is 5.96 Å². The Kier molecular flexibility index (Phi) is 12.5. The highest BCUT2D eigenvalue weighted by Gasteiger charge is 2.17. The van der Waals surface area contributed by atoms with E-state index in [1.807, 2.05) is 38.1 Å². The lowest BCUT2D eigenvalue weighted by Gasteiger charge is -2.21. The van der Waals surface area contributed by atoms with Crippen LogP contribution in [0.4, 0.5) is 17.1 Å². The molecular formula is C23H35N5O3S. The average molecular weight is 462 g/mol. The summed E-state index contributed by atoms with van der Waals surface area (Å²) in [6, 6.07) is 7.58. The molecule has 6 N–H and O–H groups in total. The lowest BCUT2D eigenvalue weighted by molar-refractivity contribution is -0.105. The number of rotatable bonds is 5. The predicted molar refractivity (Wildman–Crippen MR) is 134 cm³/mol. The van der Waals surface area contributed by atoms with Gasteiger partial charge in [0, 0.05) is 23.8 Å². The molecule has 0 radical (unpaired) electrons. The first-order valence-corrected chi connectivity index (χ1v) is 11.8. The zero-order chi connectivity index (χ0) is 23.9. The van der Waals surface area contributed by atoms with Gasteiger partial charge in [-0.25, -0.2) is 9.79 Å². The number of amides is 1. The van der Waals surface area contributed by atoms with Crippen LogP contribution in [0.15, 0.2) is 40.0 Å². The van der Waals surface area contributed by atoms with Crippen LogP contribution in [0.5, 0.6) is 0 Å². The Balaban J connectivity index is 0.000000335. The van der Waals surface area contributed by atoms with E-state index < -0.39 is 5.97 Å². The molecular weight excluding hydrogens is 426 g/mol. The molecule has 0 saturated carbocycles. The number of likely N-dealkylation sites (tertiary alicyclic amines) is 1. The van der Waals surface area contributed by atoms with Crippen LogP contribution in [0.3, 0.4) is 0 Å². The molecule has 1 unspecified atom stereocenters. The molecule has 1 fully saturated rings. The summed E-state index contributed by atoms with van der Waals surface area (Å²) < 4.78 is 0. The lowest BCUT2D eigenvalue weighted by Crippen LogP contribution is -2.37. The SMILES string of the molecule is CC.CCC1CCCN(C(N)=Nc2ccccc2N)CC1.O=CNc1cscc1C(=O)O. The maximum Gasteiger partial charge on any atom is 0.338 e. The van der Waals surface area contributed by atoms with Crippen LogP contribution in [0, 0.1) is 5.92 Å². The van der Waals surface area contributed by atoms with E-state index in [-0.39, 0.29) is 5.56 Å². The van der Waals surface area contributed by atoms with Crippen molar-refractivity contribution in [2.24, 2.45) is 16.6 Å². The largest absolute Gasteiger partial charge is 0.478 e. The van der Waals surface area contributed by atoms with Gasteiger partial charge in [-0.05, 0) is 37.3 Å². The van der Waals surface area contributed by atoms with Crippen LogP contribution >= 0.6 is 11.3 Å². The molecule has 1 aromatic carbocycles. The number of nitrogen functional groups attached to an aromatic ring is 1. The lowest BCUT2D eigenvalue weighted by atomic mass is 9.98. The Labute approximate surface area is 194 Å². The van der Waals surface area contributed by atoms with E-state index in [9.17, 15) is 9.59 Å². The maximum atomic E-state index is 10.4. The third kappa shape index (κ3) is 8.58. The van der Waals surface area contributed by atoms with Crippen LogP contribution in [-0.2, 0) is 4.79 Å². The van der Waals surface area contributed by atoms with Crippen molar-refractivity contribution < 1.29 is 14.7 Å². The second-order valence-corrected chi connectivity index (χ2v) is 7.73. The van der Waals surface area contributed by atoms with Crippen LogP contribution in [0.25, 0.3) is 0 Å². The van der Waals surface area contributed by atoms with Crippen molar-refractivity contribution in [3.63, 3.8) is 0 Å². The second-order valence-electron chi connectivity index (χ2n) is 6.99. The van der Waals surface area contributed by atoms with E-state index >= 15 is 0 Å².